The monoisotopic (exact) mass is 375 g/mol. The summed E-state index contributed by atoms with van der Waals surface area (Å²) in [5.74, 6) is -2.87. The van der Waals surface area contributed by atoms with Gasteiger partial charge in [0.05, 0.1) is 0 Å². The molecule has 0 bridgehead atoms. The molecule has 0 aromatic heterocycles. The Bertz CT molecular complexity index is 833. The maximum Gasteiger partial charge on any atom is 0.341 e. The Morgan fingerprint density at radius 1 is 1.15 bits per heavy atom. The van der Waals surface area contributed by atoms with Crippen LogP contribution in [0.5, 0.6) is 5.75 Å². The molecule has 0 saturated heterocycles. The van der Waals surface area contributed by atoms with Gasteiger partial charge in [0, 0.05) is 31.0 Å². The highest BCUT2D eigenvalue weighted by molar-refractivity contribution is 5.82. The van der Waals surface area contributed by atoms with E-state index in [-0.39, 0.29) is 11.5 Å². The standard InChI is InChI=1S/C20H19F2NO4/c1-23(10-12-5-7-13(8-6-12)27-11-18(24)25)20(26)15-9-14(15)19-16(21)3-2-4-17(19)22/h2-8,14-15H,9-11H2,1H3,(H,24,25). The van der Waals surface area contributed by atoms with E-state index in [1.165, 1.54) is 23.1 Å². The number of carboxylic acid groups (broad SMARTS) is 1. The van der Waals surface area contributed by atoms with Gasteiger partial charge in [0.25, 0.3) is 0 Å². The molecule has 0 heterocycles. The first-order chi connectivity index (χ1) is 12.9. The number of carbonyl (C=O) groups excluding carboxylic acids is 1. The highest BCUT2D eigenvalue weighted by Gasteiger charge is 2.47. The van der Waals surface area contributed by atoms with E-state index < -0.39 is 36.0 Å². The topological polar surface area (TPSA) is 66.8 Å². The van der Waals surface area contributed by atoms with Crippen LogP contribution >= 0.6 is 0 Å². The van der Waals surface area contributed by atoms with Crippen LogP contribution < -0.4 is 4.74 Å². The second kappa shape index (κ2) is 7.73. The van der Waals surface area contributed by atoms with E-state index in [0.717, 1.165) is 5.56 Å². The van der Waals surface area contributed by atoms with Crippen molar-refractivity contribution >= 4 is 11.9 Å². The Labute approximate surface area is 155 Å². The molecule has 5 nitrogen and oxygen atoms in total. The third-order valence-corrected chi connectivity index (χ3v) is 4.56. The van der Waals surface area contributed by atoms with Crippen molar-refractivity contribution in [1.29, 1.82) is 0 Å². The summed E-state index contributed by atoms with van der Waals surface area (Å²) in [5.41, 5.74) is 0.826. The summed E-state index contributed by atoms with van der Waals surface area (Å²) in [4.78, 5) is 24.6. The first-order valence-corrected chi connectivity index (χ1v) is 8.49. The molecule has 1 aliphatic rings. The molecule has 2 aromatic rings. The van der Waals surface area contributed by atoms with E-state index >= 15 is 0 Å². The number of rotatable bonds is 7. The van der Waals surface area contributed by atoms with Crippen LogP contribution in [-0.4, -0.2) is 35.5 Å². The number of benzene rings is 2. The molecule has 27 heavy (non-hydrogen) atoms. The van der Waals surface area contributed by atoms with Gasteiger partial charge in [-0.3, -0.25) is 4.79 Å². The van der Waals surface area contributed by atoms with E-state index in [9.17, 15) is 18.4 Å². The van der Waals surface area contributed by atoms with Crippen molar-refractivity contribution < 1.29 is 28.2 Å². The van der Waals surface area contributed by atoms with Crippen molar-refractivity contribution in [2.24, 2.45) is 5.92 Å². The maximum absolute atomic E-state index is 13.9. The highest BCUT2D eigenvalue weighted by Crippen LogP contribution is 2.50. The Balaban J connectivity index is 1.58. The second-order valence-corrected chi connectivity index (χ2v) is 6.60. The molecule has 2 unspecified atom stereocenters. The Morgan fingerprint density at radius 3 is 2.37 bits per heavy atom. The number of ether oxygens (including phenoxy) is 1. The zero-order valence-corrected chi connectivity index (χ0v) is 14.7. The summed E-state index contributed by atoms with van der Waals surface area (Å²) in [6, 6.07) is 10.5. The summed E-state index contributed by atoms with van der Waals surface area (Å²) in [6.07, 6.45) is 0.434. The van der Waals surface area contributed by atoms with Crippen LogP contribution in [0.2, 0.25) is 0 Å². The molecule has 7 heteroatoms. The number of carboxylic acids is 1. The average molecular weight is 375 g/mol. The lowest BCUT2D eigenvalue weighted by Gasteiger charge is -2.18. The minimum Gasteiger partial charge on any atom is -0.482 e. The van der Waals surface area contributed by atoms with Crippen molar-refractivity contribution in [2.45, 2.75) is 18.9 Å². The second-order valence-electron chi connectivity index (χ2n) is 6.60. The van der Waals surface area contributed by atoms with Gasteiger partial charge in [-0.1, -0.05) is 18.2 Å². The zero-order chi connectivity index (χ0) is 19.6. The summed E-state index contributed by atoms with van der Waals surface area (Å²) in [5, 5.41) is 8.59. The predicted molar refractivity (Wildman–Crippen MR) is 93.3 cm³/mol. The van der Waals surface area contributed by atoms with Crippen LogP contribution in [-0.2, 0) is 16.1 Å². The van der Waals surface area contributed by atoms with E-state index in [1.54, 1.807) is 31.3 Å². The molecule has 3 rings (SSSR count). The molecule has 142 valence electrons. The third-order valence-electron chi connectivity index (χ3n) is 4.56. The number of hydrogen-bond donors (Lipinski definition) is 1. The molecule has 2 aromatic carbocycles. The maximum atomic E-state index is 13.9. The molecule has 1 saturated carbocycles. The lowest BCUT2D eigenvalue weighted by atomic mass is 10.1. The summed E-state index contributed by atoms with van der Waals surface area (Å²) < 4.78 is 32.8. The number of halogens is 2. The van der Waals surface area contributed by atoms with Crippen molar-refractivity contribution in [2.75, 3.05) is 13.7 Å². The van der Waals surface area contributed by atoms with Gasteiger partial charge in [-0.05, 0) is 36.2 Å². The van der Waals surface area contributed by atoms with Crippen molar-refractivity contribution in [3.05, 3.63) is 65.2 Å². The molecule has 2 atom stereocenters. The molecular formula is C20H19F2NO4. The predicted octanol–water partition coefficient (Wildman–Crippen LogP) is 3.19. The highest BCUT2D eigenvalue weighted by atomic mass is 19.1. The van der Waals surface area contributed by atoms with Crippen LogP contribution in [0.3, 0.4) is 0 Å². The number of nitrogens with zero attached hydrogens (tertiary/aromatic N) is 1. The van der Waals surface area contributed by atoms with Crippen LogP contribution in [0.1, 0.15) is 23.5 Å². The average Bonchev–Trinajstić information content (AvgIpc) is 3.40. The minimum atomic E-state index is -1.06. The molecular weight excluding hydrogens is 356 g/mol. The number of hydrogen-bond acceptors (Lipinski definition) is 3. The molecule has 0 radical (unpaired) electrons. The SMILES string of the molecule is CN(Cc1ccc(OCC(=O)O)cc1)C(=O)C1CC1c1c(F)cccc1F. The number of carbonyl (C=O) groups is 2. The van der Waals surface area contributed by atoms with Gasteiger partial charge in [0.1, 0.15) is 17.4 Å². The molecule has 0 spiro atoms. The van der Waals surface area contributed by atoms with Gasteiger partial charge in [0.15, 0.2) is 6.61 Å². The normalized spacial score (nSPS) is 18.0. The fourth-order valence-electron chi connectivity index (χ4n) is 3.12. The van der Waals surface area contributed by atoms with Gasteiger partial charge in [0.2, 0.25) is 5.91 Å². The molecule has 0 aliphatic heterocycles. The summed E-state index contributed by atoms with van der Waals surface area (Å²) >= 11 is 0. The minimum absolute atomic E-state index is 0.0100. The van der Waals surface area contributed by atoms with Crippen LogP contribution in [0.4, 0.5) is 8.78 Å². The van der Waals surface area contributed by atoms with Gasteiger partial charge < -0.3 is 14.7 Å². The van der Waals surface area contributed by atoms with Crippen LogP contribution in [0, 0.1) is 17.6 Å². The summed E-state index contributed by atoms with van der Waals surface area (Å²) in [6.45, 7) is -0.0889. The first kappa shape index (κ1) is 18.8. The first-order valence-electron chi connectivity index (χ1n) is 8.49. The van der Waals surface area contributed by atoms with Crippen molar-refractivity contribution in [3.63, 3.8) is 0 Å². The lowest BCUT2D eigenvalue weighted by Crippen LogP contribution is -2.28. The smallest absolute Gasteiger partial charge is 0.341 e. The zero-order valence-electron chi connectivity index (χ0n) is 14.7. The Kier molecular flexibility index (Phi) is 5.39. The molecule has 1 aliphatic carbocycles. The van der Waals surface area contributed by atoms with E-state index in [2.05, 4.69) is 0 Å². The van der Waals surface area contributed by atoms with E-state index in [1.807, 2.05) is 0 Å². The van der Waals surface area contributed by atoms with E-state index in [4.69, 9.17) is 9.84 Å². The Hall–Kier alpha value is -2.96. The quantitative estimate of drug-likeness (QED) is 0.807. The molecule has 1 amide bonds. The van der Waals surface area contributed by atoms with Crippen molar-refractivity contribution in [3.8, 4) is 5.75 Å². The van der Waals surface area contributed by atoms with E-state index in [0.29, 0.717) is 18.7 Å². The summed E-state index contributed by atoms with van der Waals surface area (Å²) in [7, 11) is 1.64. The van der Waals surface area contributed by atoms with Crippen molar-refractivity contribution in [1.82, 2.24) is 4.90 Å². The molecule has 1 N–H and O–H groups in total. The van der Waals surface area contributed by atoms with Gasteiger partial charge in [-0.25, -0.2) is 13.6 Å². The molecule has 1 fully saturated rings. The Morgan fingerprint density at radius 2 is 1.78 bits per heavy atom. The van der Waals surface area contributed by atoms with Gasteiger partial charge in [-0.2, -0.15) is 0 Å². The van der Waals surface area contributed by atoms with Crippen LogP contribution in [0.15, 0.2) is 42.5 Å². The van der Waals surface area contributed by atoms with Gasteiger partial charge >= 0.3 is 5.97 Å². The fourth-order valence-corrected chi connectivity index (χ4v) is 3.12. The van der Waals surface area contributed by atoms with Crippen LogP contribution in [0.25, 0.3) is 0 Å². The largest absolute Gasteiger partial charge is 0.482 e. The lowest BCUT2D eigenvalue weighted by molar-refractivity contribution is -0.139. The number of amides is 1. The fraction of sp³-hybridized carbons (Fsp3) is 0.300. The van der Waals surface area contributed by atoms with Gasteiger partial charge in [-0.15, -0.1) is 0 Å². The number of aliphatic carboxylic acids is 1. The third kappa shape index (κ3) is 4.42.